The zero-order valence-electron chi connectivity index (χ0n) is 7.95. The molecular formula is C10H18O2. The standard InChI is InChI=1S/C10H18O2/c1-4-5-6-7-8-9-10(11-2)12-3/h4-6,10H,1,7-9H2,2-3H3/b6-5-. The first-order valence-electron chi connectivity index (χ1n) is 4.18. The van der Waals surface area contributed by atoms with E-state index in [1.165, 1.54) is 0 Å². The van der Waals surface area contributed by atoms with Crippen LogP contribution in [-0.2, 0) is 9.47 Å². The third-order valence-corrected chi connectivity index (χ3v) is 1.61. The summed E-state index contributed by atoms with van der Waals surface area (Å²) in [7, 11) is 3.32. The lowest BCUT2D eigenvalue weighted by atomic mass is 10.2. The highest BCUT2D eigenvalue weighted by Crippen LogP contribution is 2.04. The Kier molecular flexibility index (Phi) is 8.07. The minimum Gasteiger partial charge on any atom is -0.356 e. The van der Waals surface area contributed by atoms with Crippen LogP contribution >= 0.6 is 0 Å². The number of methoxy groups -OCH3 is 2. The molecule has 2 nitrogen and oxygen atoms in total. The van der Waals surface area contributed by atoms with Gasteiger partial charge < -0.3 is 9.47 Å². The van der Waals surface area contributed by atoms with Gasteiger partial charge in [0.25, 0.3) is 0 Å². The van der Waals surface area contributed by atoms with Gasteiger partial charge in [-0.05, 0) is 19.3 Å². The molecule has 0 unspecified atom stereocenters. The number of unbranched alkanes of at least 4 members (excludes halogenated alkanes) is 1. The molecule has 70 valence electrons. The summed E-state index contributed by atoms with van der Waals surface area (Å²) in [6.07, 6.45) is 8.84. The molecule has 0 aromatic rings. The van der Waals surface area contributed by atoms with Crippen molar-refractivity contribution >= 4 is 0 Å². The molecular weight excluding hydrogens is 152 g/mol. The van der Waals surface area contributed by atoms with Crippen LogP contribution in [0.4, 0.5) is 0 Å². The van der Waals surface area contributed by atoms with Gasteiger partial charge in [0.05, 0.1) is 0 Å². The molecule has 0 heterocycles. The van der Waals surface area contributed by atoms with Crippen molar-refractivity contribution in [2.45, 2.75) is 25.6 Å². The number of rotatable bonds is 7. The second-order valence-corrected chi connectivity index (χ2v) is 2.50. The molecule has 0 fully saturated rings. The zero-order chi connectivity index (χ0) is 9.23. The second kappa shape index (κ2) is 8.50. The van der Waals surface area contributed by atoms with Gasteiger partial charge in [0.1, 0.15) is 0 Å². The quantitative estimate of drug-likeness (QED) is 0.332. The molecule has 0 saturated carbocycles. The maximum Gasteiger partial charge on any atom is 0.156 e. The van der Waals surface area contributed by atoms with Crippen molar-refractivity contribution in [1.29, 1.82) is 0 Å². The molecule has 0 radical (unpaired) electrons. The molecule has 0 N–H and O–H groups in total. The van der Waals surface area contributed by atoms with Gasteiger partial charge in [0, 0.05) is 14.2 Å². The maximum absolute atomic E-state index is 5.04. The average Bonchev–Trinajstić information content (AvgIpc) is 2.11. The van der Waals surface area contributed by atoms with E-state index < -0.39 is 0 Å². The number of hydrogen-bond donors (Lipinski definition) is 0. The van der Waals surface area contributed by atoms with Crippen LogP contribution in [0.1, 0.15) is 19.3 Å². The third-order valence-electron chi connectivity index (χ3n) is 1.61. The Morgan fingerprint density at radius 1 is 1.33 bits per heavy atom. The smallest absolute Gasteiger partial charge is 0.156 e. The maximum atomic E-state index is 5.04. The van der Waals surface area contributed by atoms with Gasteiger partial charge in [0.15, 0.2) is 6.29 Å². The van der Waals surface area contributed by atoms with E-state index in [0.717, 1.165) is 19.3 Å². The first-order valence-corrected chi connectivity index (χ1v) is 4.18. The number of ether oxygens (including phenoxy) is 2. The molecule has 0 spiro atoms. The summed E-state index contributed by atoms with van der Waals surface area (Å²) < 4.78 is 10.1. The van der Waals surface area contributed by atoms with Gasteiger partial charge >= 0.3 is 0 Å². The van der Waals surface area contributed by atoms with Crippen LogP contribution in [0, 0.1) is 0 Å². The number of hydrogen-bond acceptors (Lipinski definition) is 2. The van der Waals surface area contributed by atoms with Crippen molar-refractivity contribution in [2.75, 3.05) is 14.2 Å². The van der Waals surface area contributed by atoms with E-state index >= 15 is 0 Å². The van der Waals surface area contributed by atoms with Crippen molar-refractivity contribution in [1.82, 2.24) is 0 Å². The van der Waals surface area contributed by atoms with Gasteiger partial charge in [-0.25, -0.2) is 0 Å². The van der Waals surface area contributed by atoms with Crippen molar-refractivity contribution in [3.63, 3.8) is 0 Å². The van der Waals surface area contributed by atoms with E-state index in [-0.39, 0.29) is 6.29 Å². The fourth-order valence-corrected chi connectivity index (χ4v) is 0.927. The van der Waals surface area contributed by atoms with Crippen LogP contribution in [0.15, 0.2) is 24.8 Å². The zero-order valence-corrected chi connectivity index (χ0v) is 7.95. The molecule has 0 rings (SSSR count). The monoisotopic (exact) mass is 170 g/mol. The first kappa shape index (κ1) is 11.4. The molecule has 0 aliphatic carbocycles. The highest BCUT2D eigenvalue weighted by Gasteiger charge is 2.01. The second-order valence-electron chi connectivity index (χ2n) is 2.50. The minimum absolute atomic E-state index is 0.0536. The summed E-state index contributed by atoms with van der Waals surface area (Å²) in [6, 6.07) is 0. The predicted molar refractivity (Wildman–Crippen MR) is 51.0 cm³/mol. The van der Waals surface area contributed by atoms with Gasteiger partial charge in [-0.3, -0.25) is 0 Å². The Morgan fingerprint density at radius 3 is 2.50 bits per heavy atom. The molecule has 0 saturated heterocycles. The average molecular weight is 170 g/mol. The van der Waals surface area contributed by atoms with E-state index in [9.17, 15) is 0 Å². The Hall–Kier alpha value is -0.600. The topological polar surface area (TPSA) is 18.5 Å². The molecule has 0 aromatic heterocycles. The fraction of sp³-hybridized carbons (Fsp3) is 0.600. The first-order chi connectivity index (χ1) is 5.85. The van der Waals surface area contributed by atoms with Gasteiger partial charge in [0.2, 0.25) is 0 Å². The van der Waals surface area contributed by atoms with Crippen molar-refractivity contribution < 1.29 is 9.47 Å². The van der Waals surface area contributed by atoms with E-state index in [1.54, 1.807) is 20.3 Å². The van der Waals surface area contributed by atoms with Crippen molar-refractivity contribution in [3.8, 4) is 0 Å². The largest absolute Gasteiger partial charge is 0.356 e. The Bertz CT molecular complexity index is 126. The van der Waals surface area contributed by atoms with Crippen LogP contribution < -0.4 is 0 Å². The van der Waals surface area contributed by atoms with Crippen LogP contribution in [0.25, 0.3) is 0 Å². The number of allylic oxidation sites excluding steroid dienone is 3. The summed E-state index contributed by atoms with van der Waals surface area (Å²) in [4.78, 5) is 0. The predicted octanol–water partition coefficient (Wildman–Crippen LogP) is 2.52. The van der Waals surface area contributed by atoms with E-state index in [2.05, 4.69) is 12.7 Å². The van der Waals surface area contributed by atoms with Gasteiger partial charge in [-0.1, -0.05) is 24.8 Å². The van der Waals surface area contributed by atoms with Crippen LogP contribution in [0.3, 0.4) is 0 Å². The minimum atomic E-state index is -0.0536. The summed E-state index contributed by atoms with van der Waals surface area (Å²) in [5.41, 5.74) is 0. The van der Waals surface area contributed by atoms with E-state index in [0.29, 0.717) is 0 Å². The van der Waals surface area contributed by atoms with Crippen LogP contribution in [0.2, 0.25) is 0 Å². The Balaban J connectivity index is 3.28. The Labute approximate surface area is 74.9 Å². The highest BCUT2D eigenvalue weighted by molar-refractivity contribution is 4.96. The van der Waals surface area contributed by atoms with Gasteiger partial charge in [-0.15, -0.1) is 0 Å². The summed E-state index contributed by atoms with van der Waals surface area (Å²) in [6.45, 7) is 3.59. The Morgan fingerprint density at radius 2 is 2.00 bits per heavy atom. The van der Waals surface area contributed by atoms with E-state index in [1.807, 2.05) is 6.08 Å². The molecule has 0 bridgehead atoms. The lowest BCUT2D eigenvalue weighted by Gasteiger charge is -2.11. The normalized spacial score (nSPS) is 11.2. The molecule has 0 aliphatic heterocycles. The van der Waals surface area contributed by atoms with Gasteiger partial charge in [-0.2, -0.15) is 0 Å². The lowest BCUT2D eigenvalue weighted by Crippen LogP contribution is -2.11. The summed E-state index contributed by atoms with van der Waals surface area (Å²) >= 11 is 0. The summed E-state index contributed by atoms with van der Waals surface area (Å²) in [5.74, 6) is 0. The van der Waals surface area contributed by atoms with Crippen LogP contribution in [0.5, 0.6) is 0 Å². The molecule has 2 heteroatoms. The molecule has 12 heavy (non-hydrogen) atoms. The van der Waals surface area contributed by atoms with Crippen molar-refractivity contribution in [3.05, 3.63) is 24.8 Å². The van der Waals surface area contributed by atoms with E-state index in [4.69, 9.17) is 9.47 Å². The van der Waals surface area contributed by atoms with Crippen molar-refractivity contribution in [2.24, 2.45) is 0 Å². The molecule has 0 aliphatic rings. The fourth-order valence-electron chi connectivity index (χ4n) is 0.927. The van der Waals surface area contributed by atoms with Crippen LogP contribution in [-0.4, -0.2) is 20.5 Å². The summed E-state index contributed by atoms with van der Waals surface area (Å²) in [5, 5.41) is 0. The third kappa shape index (κ3) is 6.13. The molecule has 0 amide bonds. The SMILES string of the molecule is C=C/C=C\CCCC(OC)OC. The molecule has 0 aromatic carbocycles. The highest BCUT2D eigenvalue weighted by atomic mass is 16.7. The molecule has 0 atom stereocenters. The lowest BCUT2D eigenvalue weighted by molar-refractivity contribution is -0.106.